The van der Waals surface area contributed by atoms with Crippen LogP contribution in [0.4, 0.5) is 0 Å². The standard InChI is InChI=1S/C7H5N3O2/c11-9-5-3-6-7(10(9)12)2-1-4-8-6/h1-5H. The van der Waals surface area contributed by atoms with Crippen molar-refractivity contribution >= 4 is 11.0 Å². The number of rotatable bonds is 0. The Morgan fingerprint density at radius 1 is 1.25 bits per heavy atom. The van der Waals surface area contributed by atoms with E-state index in [2.05, 4.69) is 4.98 Å². The summed E-state index contributed by atoms with van der Waals surface area (Å²) in [5, 5.41) is 21.8. The molecule has 0 radical (unpaired) electrons. The average molecular weight is 163 g/mol. The van der Waals surface area contributed by atoms with Crippen molar-refractivity contribution in [2.24, 2.45) is 0 Å². The average Bonchev–Trinajstić information content (AvgIpc) is 2.12. The molecule has 0 saturated heterocycles. The summed E-state index contributed by atoms with van der Waals surface area (Å²) in [5.41, 5.74) is 0.787. The Kier molecular flexibility index (Phi) is 1.30. The van der Waals surface area contributed by atoms with Crippen LogP contribution in [0.15, 0.2) is 30.6 Å². The van der Waals surface area contributed by atoms with Gasteiger partial charge < -0.3 is 10.4 Å². The third-order valence-electron chi connectivity index (χ3n) is 1.56. The third-order valence-corrected chi connectivity index (χ3v) is 1.56. The molecule has 0 bridgehead atoms. The molecule has 5 nitrogen and oxygen atoms in total. The normalized spacial score (nSPS) is 10.3. The van der Waals surface area contributed by atoms with Crippen molar-refractivity contribution in [1.82, 2.24) is 4.98 Å². The fourth-order valence-corrected chi connectivity index (χ4v) is 1.00. The molecule has 12 heavy (non-hydrogen) atoms. The first-order valence-electron chi connectivity index (χ1n) is 3.36. The molecule has 0 unspecified atom stereocenters. The molecule has 0 N–H and O–H groups in total. The summed E-state index contributed by atoms with van der Waals surface area (Å²) >= 11 is 0. The van der Waals surface area contributed by atoms with Gasteiger partial charge in [-0.25, -0.2) is 4.98 Å². The molecule has 2 heterocycles. The minimum Gasteiger partial charge on any atom is -0.561 e. The molecule has 0 aromatic carbocycles. The topological polar surface area (TPSA) is 66.8 Å². The van der Waals surface area contributed by atoms with Crippen molar-refractivity contribution < 1.29 is 9.69 Å². The summed E-state index contributed by atoms with van der Waals surface area (Å²) in [5.74, 6) is 0. The van der Waals surface area contributed by atoms with Crippen molar-refractivity contribution in [2.75, 3.05) is 0 Å². The predicted octanol–water partition coefficient (Wildman–Crippen LogP) is -0.498. The second kappa shape index (κ2) is 2.30. The van der Waals surface area contributed by atoms with Gasteiger partial charge in [0.2, 0.25) is 0 Å². The van der Waals surface area contributed by atoms with Crippen molar-refractivity contribution in [3.05, 3.63) is 41.0 Å². The Bertz CT molecular complexity index is 430. The third kappa shape index (κ3) is 0.833. The molecule has 0 atom stereocenters. The molecule has 2 aromatic rings. The minimum absolute atomic E-state index is 0.212. The molecular formula is C7H5N3O2. The van der Waals surface area contributed by atoms with Gasteiger partial charge >= 0.3 is 5.52 Å². The molecule has 0 fully saturated rings. The number of hydrogen-bond donors (Lipinski definition) is 0. The van der Waals surface area contributed by atoms with E-state index in [0.717, 1.165) is 6.20 Å². The minimum atomic E-state index is 0.212. The van der Waals surface area contributed by atoms with Crippen LogP contribution in [-0.4, -0.2) is 4.98 Å². The van der Waals surface area contributed by atoms with Gasteiger partial charge in [0.15, 0.2) is 0 Å². The van der Waals surface area contributed by atoms with Crippen molar-refractivity contribution in [1.29, 1.82) is 0 Å². The van der Waals surface area contributed by atoms with Crippen LogP contribution in [0, 0.1) is 10.4 Å². The molecule has 2 rings (SSSR count). The van der Waals surface area contributed by atoms with E-state index in [1.165, 1.54) is 6.07 Å². The molecule has 0 saturated carbocycles. The van der Waals surface area contributed by atoms with Crippen molar-refractivity contribution in [3.8, 4) is 0 Å². The van der Waals surface area contributed by atoms with Gasteiger partial charge in [-0.15, -0.1) is 0 Å². The van der Waals surface area contributed by atoms with E-state index in [0.29, 0.717) is 5.52 Å². The second-order valence-corrected chi connectivity index (χ2v) is 2.30. The zero-order valence-corrected chi connectivity index (χ0v) is 6.04. The van der Waals surface area contributed by atoms with Gasteiger partial charge in [0, 0.05) is 18.3 Å². The van der Waals surface area contributed by atoms with Crippen LogP contribution < -0.4 is 9.69 Å². The van der Waals surface area contributed by atoms with Gasteiger partial charge in [0.25, 0.3) is 6.20 Å². The maximum atomic E-state index is 11.1. The van der Waals surface area contributed by atoms with Crippen molar-refractivity contribution in [2.45, 2.75) is 0 Å². The lowest BCUT2D eigenvalue weighted by Crippen LogP contribution is -2.60. The van der Waals surface area contributed by atoms with Crippen LogP contribution >= 0.6 is 0 Å². The van der Waals surface area contributed by atoms with Crippen LogP contribution in [0.25, 0.3) is 11.0 Å². The van der Waals surface area contributed by atoms with E-state index < -0.39 is 0 Å². The number of nitrogens with zero attached hydrogens (tertiary/aromatic N) is 3. The first-order chi connectivity index (χ1) is 5.79. The van der Waals surface area contributed by atoms with Crippen molar-refractivity contribution in [3.63, 3.8) is 0 Å². The molecule has 0 spiro atoms. The van der Waals surface area contributed by atoms with Gasteiger partial charge in [0.05, 0.1) is 9.69 Å². The van der Waals surface area contributed by atoms with Crippen LogP contribution in [0.1, 0.15) is 0 Å². The van der Waals surface area contributed by atoms with E-state index in [1.54, 1.807) is 18.3 Å². The molecule has 0 amide bonds. The lowest BCUT2D eigenvalue weighted by molar-refractivity contribution is -1.18. The predicted molar refractivity (Wildman–Crippen MR) is 39.7 cm³/mol. The largest absolute Gasteiger partial charge is 0.561 e. The maximum absolute atomic E-state index is 11.1. The van der Waals surface area contributed by atoms with Gasteiger partial charge in [-0.2, -0.15) is 0 Å². The van der Waals surface area contributed by atoms with Gasteiger partial charge in [-0.1, -0.05) is 0 Å². The Hall–Kier alpha value is -1.91. The number of aromatic nitrogens is 3. The van der Waals surface area contributed by atoms with E-state index in [9.17, 15) is 10.4 Å². The molecule has 0 aliphatic rings. The van der Waals surface area contributed by atoms with E-state index in [-0.39, 0.29) is 15.2 Å². The van der Waals surface area contributed by atoms with E-state index in [4.69, 9.17) is 0 Å². The van der Waals surface area contributed by atoms with Crippen LogP contribution in [0.3, 0.4) is 0 Å². The van der Waals surface area contributed by atoms with Crippen LogP contribution in [-0.2, 0) is 0 Å². The number of fused-ring (bicyclic) bond motifs is 1. The second-order valence-electron chi connectivity index (χ2n) is 2.30. The summed E-state index contributed by atoms with van der Waals surface area (Å²) < 4.78 is 0. The molecule has 2 aromatic heterocycles. The Morgan fingerprint density at radius 2 is 2.08 bits per heavy atom. The summed E-state index contributed by atoms with van der Waals surface area (Å²) in [6, 6.07) is 4.65. The zero-order chi connectivity index (χ0) is 8.55. The molecular weight excluding hydrogens is 158 g/mol. The maximum Gasteiger partial charge on any atom is 0.313 e. The van der Waals surface area contributed by atoms with Gasteiger partial charge in [-0.05, 0) is 6.07 Å². The van der Waals surface area contributed by atoms with E-state index >= 15 is 0 Å². The molecule has 60 valence electrons. The highest BCUT2D eigenvalue weighted by Crippen LogP contribution is 2.00. The smallest absolute Gasteiger partial charge is 0.313 e. The summed E-state index contributed by atoms with van der Waals surface area (Å²) in [7, 11) is 0. The summed E-state index contributed by atoms with van der Waals surface area (Å²) in [4.78, 5) is 4.37. The first kappa shape index (κ1) is 6.78. The fraction of sp³-hybridized carbons (Fsp3) is 0. The number of pyridine rings is 1. The Labute approximate surface area is 67.7 Å². The quantitative estimate of drug-likeness (QED) is 0.388. The Morgan fingerprint density at radius 3 is 2.92 bits per heavy atom. The highest BCUT2D eigenvalue weighted by molar-refractivity contribution is 5.68. The van der Waals surface area contributed by atoms with Crippen LogP contribution in [0.5, 0.6) is 0 Å². The first-order valence-corrected chi connectivity index (χ1v) is 3.36. The molecule has 0 aliphatic carbocycles. The van der Waals surface area contributed by atoms with Gasteiger partial charge in [-0.3, -0.25) is 0 Å². The lowest BCUT2D eigenvalue weighted by atomic mass is 10.3. The number of hydrogen-bond acceptors (Lipinski definition) is 3. The molecule has 5 heteroatoms. The van der Waals surface area contributed by atoms with E-state index in [1.807, 2.05) is 0 Å². The van der Waals surface area contributed by atoms with Gasteiger partial charge in [0.1, 0.15) is 5.52 Å². The zero-order valence-electron chi connectivity index (χ0n) is 6.04. The van der Waals surface area contributed by atoms with Crippen LogP contribution in [0.2, 0.25) is 0 Å². The highest BCUT2D eigenvalue weighted by atomic mass is 16.6. The summed E-state index contributed by atoms with van der Waals surface area (Å²) in [6.45, 7) is 0. The monoisotopic (exact) mass is 163 g/mol. The molecule has 0 aliphatic heterocycles. The Balaban J connectivity index is 2.91. The lowest BCUT2D eigenvalue weighted by Gasteiger charge is -1.97. The SMILES string of the molecule is [O-][n+]1ccc2ncccc2[n+]1[O-]. The highest BCUT2D eigenvalue weighted by Gasteiger charge is 2.10. The summed E-state index contributed by atoms with van der Waals surface area (Å²) in [6.07, 6.45) is 2.69. The fourth-order valence-electron chi connectivity index (χ4n) is 1.00.